The lowest BCUT2D eigenvalue weighted by molar-refractivity contribution is -0.141. The molecule has 1 saturated heterocycles. The van der Waals surface area contributed by atoms with Crippen LogP contribution in [-0.4, -0.2) is 54.9 Å². The molecule has 0 bridgehead atoms. The Morgan fingerprint density at radius 1 is 1.45 bits per heavy atom. The van der Waals surface area contributed by atoms with Gasteiger partial charge in [-0.2, -0.15) is 0 Å². The molecule has 0 aromatic rings. The first-order valence-corrected chi connectivity index (χ1v) is 7.45. The van der Waals surface area contributed by atoms with Crippen LogP contribution in [0.5, 0.6) is 0 Å². The third-order valence-electron chi connectivity index (χ3n) is 4.06. The number of aliphatic hydroxyl groups is 1. The summed E-state index contributed by atoms with van der Waals surface area (Å²) in [5, 5.41) is 10.2. The predicted molar refractivity (Wildman–Crippen MR) is 79.2 cm³/mol. The summed E-state index contributed by atoms with van der Waals surface area (Å²) in [4.78, 5) is 13.4. The molecule has 1 rings (SSSR count). The molecule has 0 amide bonds. The molecule has 3 N–H and O–H groups in total. The Balaban J connectivity index is 2.47. The number of ether oxygens (including phenoxy) is 1. The van der Waals surface area contributed by atoms with Gasteiger partial charge in [-0.1, -0.05) is 20.8 Å². The molecule has 20 heavy (non-hydrogen) atoms. The van der Waals surface area contributed by atoms with Gasteiger partial charge in [0.2, 0.25) is 0 Å². The number of esters is 1. The second kappa shape index (κ2) is 7.38. The van der Waals surface area contributed by atoms with Crippen molar-refractivity contribution in [3.8, 4) is 0 Å². The SMILES string of the molecule is COC(=O)CCN1CC(N)CC(CC(O)C(C)(C)C)C1. The average Bonchev–Trinajstić information content (AvgIpc) is 2.34. The first kappa shape index (κ1) is 17.4. The van der Waals surface area contributed by atoms with Crippen LogP contribution in [0.3, 0.4) is 0 Å². The number of hydrogen-bond acceptors (Lipinski definition) is 5. The van der Waals surface area contributed by atoms with Crippen LogP contribution in [-0.2, 0) is 9.53 Å². The highest BCUT2D eigenvalue weighted by Crippen LogP contribution is 2.28. The fourth-order valence-electron chi connectivity index (χ4n) is 2.72. The van der Waals surface area contributed by atoms with Gasteiger partial charge < -0.3 is 20.5 Å². The number of aliphatic hydroxyl groups excluding tert-OH is 1. The molecule has 118 valence electrons. The minimum Gasteiger partial charge on any atom is -0.469 e. The molecule has 0 saturated carbocycles. The van der Waals surface area contributed by atoms with Gasteiger partial charge >= 0.3 is 5.97 Å². The lowest BCUT2D eigenvalue weighted by atomic mass is 9.80. The smallest absolute Gasteiger partial charge is 0.306 e. The number of likely N-dealkylation sites (tertiary alicyclic amines) is 1. The topological polar surface area (TPSA) is 75.8 Å². The van der Waals surface area contributed by atoms with Gasteiger partial charge in [0.15, 0.2) is 0 Å². The van der Waals surface area contributed by atoms with Crippen molar-refractivity contribution in [2.75, 3.05) is 26.7 Å². The molecule has 5 heteroatoms. The molecule has 1 aliphatic heterocycles. The van der Waals surface area contributed by atoms with Gasteiger partial charge in [0, 0.05) is 25.7 Å². The van der Waals surface area contributed by atoms with E-state index >= 15 is 0 Å². The Bertz CT molecular complexity index is 315. The van der Waals surface area contributed by atoms with Crippen molar-refractivity contribution in [3.63, 3.8) is 0 Å². The van der Waals surface area contributed by atoms with E-state index in [4.69, 9.17) is 5.73 Å². The van der Waals surface area contributed by atoms with E-state index in [2.05, 4.69) is 30.4 Å². The molecule has 1 aliphatic rings. The first-order chi connectivity index (χ1) is 9.22. The van der Waals surface area contributed by atoms with Gasteiger partial charge in [-0.05, 0) is 24.2 Å². The molecular formula is C15H30N2O3. The van der Waals surface area contributed by atoms with E-state index in [0.29, 0.717) is 18.9 Å². The van der Waals surface area contributed by atoms with Crippen LogP contribution >= 0.6 is 0 Å². The Morgan fingerprint density at radius 3 is 2.65 bits per heavy atom. The molecule has 0 aromatic heterocycles. The summed E-state index contributed by atoms with van der Waals surface area (Å²) >= 11 is 0. The van der Waals surface area contributed by atoms with Crippen molar-refractivity contribution in [1.29, 1.82) is 0 Å². The molecule has 1 heterocycles. The quantitative estimate of drug-likeness (QED) is 0.737. The average molecular weight is 286 g/mol. The summed E-state index contributed by atoms with van der Waals surface area (Å²) in [6.45, 7) is 8.56. The predicted octanol–water partition coefficient (Wildman–Crippen LogP) is 0.996. The van der Waals surface area contributed by atoms with Crippen molar-refractivity contribution in [1.82, 2.24) is 4.90 Å². The summed E-state index contributed by atoms with van der Waals surface area (Å²) in [5.41, 5.74) is 6.00. The highest BCUT2D eigenvalue weighted by Gasteiger charge is 2.30. The first-order valence-electron chi connectivity index (χ1n) is 7.45. The maximum atomic E-state index is 11.2. The Kier molecular flexibility index (Phi) is 6.43. The van der Waals surface area contributed by atoms with Crippen molar-refractivity contribution in [2.24, 2.45) is 17.1 Å². The summed E-state index contributed by atoms with van der Waals surface area (Å²) < 4.78 is 4.67. The Morgan fingerprint density at radius 2 is 2.10 bits per heavy atom. The molecule has 3 unspecified atom stereocenters. The second-order valence-electron chi connectivity index (χ2n) is 7.07. The number of piperidine rings is 1. The summed E-state index contributed by atoms with van der Waals surface area (Å²) in [6.07, 6.45) is 1.80. The van der Waals surface area contributed by atoms with E-state index in [-0.39, 0.29) is 23.5 Å². The van der Waals surface area contributed by atoms with Crippen molar-refractivity contribution >= 4 is 5.97 Å². The standard InChI is InChI=1S/C15H30N2O3/c1-15(2,3)13(18)8-11-7-12(16)10-17(9-11)6-5-14(19)20-4/h11-13,18H,5-10,16H2,1-4H3. The van der Waals surface area contributed by atoms with Gasteiger partial charge in [-0.15, -0.1) is 0 Å². The molecule has 0 spiro atoms. The van der Waals surface area contributed by atoms with Gasteiger partial charge in [-0.25, -0.2) is 0 Å². The third-order valence-corrected chi connectivity index (χ3v) is 4.06. The highest BCUT2D eigenvalue weighted by molar-refractivity contribution is 5.69. The number of carbonyl (C=O) groups excluding carboxylic acids is 1. The van der Waals surface area contributed by atoms with Crippen LogP contribution in [0.4, 0.5) is 0 Å². The zero-order chi connectivity index (χ0) is 15.3. The zero-order valence-corrected chi connectivity index (χ0v) is 13.3. The number of methoxy groups -OCH3 is 1. The van der Waals surface area contributed by atoms with Crippen LogP contribution in [0.25, 0.3) is 0 Å². The molecule has 3 atom stereocenters. The Hall–Kier alpha value is -0.650. The van der Waals surface area contributed by atoms with E-state index in [0.717, 1.165) is 25.9 Å². The lowest BCUT2D eigenvalue weighted by Crippen LogP contribution is -2.48. The molecule has 1 fully saturated rings. The van der Waals surface area contributed by atoms with Crippen LogP contribution in [0, 0.1) is 11.3 Å². The Labute approximate surface area is 122 Å². The maximum Gasteiger partial charge on any atom is 0.306 e. The van der Waals surface area contributed by atoms with Crippen LogP contribution in [0.15, 0.2) is 0 Å². The van der Waals surface area contributed by atoms with E-state index in [9.17, 15) is 9.90 Å². The lowest BCUT2D eigenvalue weighted by Gasteiger charge is -2.38. The fraction of sp³-hybridized carbons (Fsp3) is 0.933. The molecule has 5 nitrogen and oxygen atoms in total. The van der Waals surface area contributed by atoms with Crippen LogP contribution in [0.1, 0.15) is 40.0 Å². The van der Waals surface area contributed by atoms with Crippen molar-refractivity contribution in [2.45, 2.75) is 52.2 Å². The number of nitrogens with zero attached hydrogens (tertiary/aromatic N) is 1. The number of carbonyl (C=O) groups is 1. The van der Waals surface area contributed by atoms with Gasteiger partial charge in [-0.3, -0.25) is 4.79 Å². The van der Waals surface area contributed by atoms with Crippen molar-refractivity contribution < 1.29 is 14.6 Å². The number of hydrogen-bond donors (Lipinski definition) is 2. The van der Waals surface area contributed by atoms with E-state index < -0.39 is 0 Å². The van der Waals surface area contributed by atoms with Crippen molar-refractivity contribution in [3.05, 3.63) is 0 Å². The van der Waals surface area contributed by atoms with Gasteiger partial charge in [0.05, 0.1) is 19.6 Å². The number of nitrogens with two attached hydrogens (primary N) is 1. The van der Waals surface area contributed by atoms with Gasteiger partial charge in [0.25, 0.3) is 0 Å². The molecule has 0 aromatic carbocycles. The monoisotopic (exact) mass is 286 g/mol. The summed E-state index contributed by atoms with van der Waals surface area (Å²) in [5.74, 6) is 0.209. The third kappa shape index (κ3) is 5.77. The normalized spacial score (nSPS) is 26.3. The fourth-order valence-corrected chi connectivity index (χ4v) is 2.72. The van der Waals surface area contributed by atoms with E-state index in [1.165, 1.54) is 7.11 Å². The van der Waals surface area contributed by atoms with Crippen LogP contribution in [0.2, 0.25) is 0 Å². The highest BCUT2D eigenvalue weighted by atomic mass is 16.5. The summed E-state index contributed by atoms with van der Waals surface area (Å²) in [6, 6.07) is 0.124. The number of rotatable bonds is 5. The van der Waals surface area contributed by atoms with E-state index in [1.54, 1.807) is 0 Å². The van der Waals surface area contributed by atoms with Crippen LogP contribution < -0.4 is 5.73 Å². The zero-order valence-electron chi connectivity index (χ0n) is 13.3. The molecule has 0 aliphatic carbocycles. The van der Waals surface area contributed by atoms with E-state index in [1.807, 2.05) is 0 Å². The minimum absolute atomic E-state index is 0.0988. The maximum absolute atomic E-state index is 11.2. The largest absolute Gasteiger partial charge is 0.469 e. The summed E-state index contributed by atoms with van der Waals surface area (Å²) in [7, 11) is 1.41. The second-order valence-corrected chi connectivity index (χ2v) is 7.07. The molecular weight excluding hydrogens is 256 g/mol. The minimum atomic E-state index is -0.319. The van der Waals surface area contributed by atoms with Gasteiger partial charge in [0.1, 0.15) is 0 Å². The molecule has 0 radical (unpaired) electrons.